The lowest BCUT2D eigenvalue weighted by atomic mass is 10.1. The normalized spacial score (nSPS) is 10.3. The summed E-state index contributed by atoms with van der Waals surface area (Å²) >= 11 is 0. The maximum Gasteiger partial charge on any atom is 0.323 e. The highest BCUT2D eigenvalue weighted by molar-refractivity contribution is 6.06. The van der Waals surface area contributed by atoms with Crippen LogP contribution in [-0.2, 0) is 4.79 Å². The second-order valence-corrected chi connectivity index (χ2v) is 3.93. The van der Waals surface area contributed by atoms with Crippen molar-refractivity contribution in [1.82, 2.24) is 9.88 Å². The van der Waals surface area contributed by atoms with Crippen molar-refractivity contribution in [2.75, 3.05) is 13.6 Å². The minimum atomic E-state index is -1.04. The van der Waals surface area contributed by atoms with E-state index in [9.17, 15) is 9.59 Å². The average Bonchev–Trinajstić information content (AvgIpc) is 2.36. The Hall–Kier alpha value is -2.43. The number of pyridine rings is 1. The predicted molar refractivity (Wildman–Crippen MR) is 66.3 cm³/mol. The standard InChI is InChI=1S/C13H12N2O3/c1-15(8-12(16)17)13(18)10-4-2-6-11-9(10)5-3-7-14-11/h2-7H,8H2,1H3,(H,16,17). The molecule has 2 aromatic rings. The quantitative estimate of drug-likeness (QED) is 0.885. The van der Waals surface area contributed by atoms with Gasteiger partial charge in [0.25, 0.3) is 5.91 Å². The summed E-state index contributed by atoms with van der Waals surface area (Å²) in [6.07, 6.45) is 1.65. The maximum atomic E-state index is 12.1. The second kappa shape index (κ2) is 4.83. The Morgan fingerprint density at radius 3 is 2.78 bits per heavy atom. The van der Waals surface area contributed by atoms with Crippen molar-refractivity contribution < 1.29 is 14.7 Å². The van der Waals surface area contributed by atoms with E-state index in [0.29, 0.717) is 11.1 Å². The number of carboxylic acids is 1. The molecule has 5 heteroatoms. The lowest BCUT2D eigenvalue weighted by Gasteiger charge is -2.15. The zero-order chi connectivity index (χ0) is 13.1. The van der Waals surface area contributed by atoms with E-state index < -0.39 is 5.97 Å². The smallest absolute Gasteiger partial charge is 0.323 e. The lowest BCUT2D eigenvalue weighted by Crippen LogP contribution is -2.32. The molecular formula is C13H12N2O3. The molecule has 0 saturated carbocycles. The van der Waals surface area contributed by atoms with Crippen LogP contribution in [0.4, 0.5) is 0 Å². The molecule has 0 aliphatic carbocycles. The minimum absolute atomic E-state index is 0.323. The Morgan fingerprint density at radius 2 is 2.06 bits per heavy atom. The maximum absolute atomic E-state index is 12.1. The molecule has 1 heterocycles. The molecule has 0 aliphatic heterocycles. The Labute approximate surface area is 104 Å². The van der Waals surface area contributed by atoms with Gasteiger partial charge in [0, 0.05) is 24.2 Å². The molecule has 0 radical (unpaired) electrons. The van der Waals surface area contributed by atoms with Crippen molar-refractivity contribution in [2.45, 2.75) is 0 Å². The fourth-order valence-corrected chi connectivity index (χ4v) is 1.77. The first-order chi connectivity index (χ1) is 8.59. The van der Waals surface area contributed by atoms with Crippen molar-refractivity contribution in [3.8, 4) is 0 Å². The van der Waals surface area contributed by atoms with Gasteiger partial charge in [-0.3, -0.25) is 14.6 Å². The number of benzene rings is 1. The summed E-state index contributed by atoms with van der Waals surface area (Å²) in [5, 5.41) is 9.41. The van der Waals surface area contributed by atoms with Crippen LogP contribution in [0.5, 0.6) is 0 Å². The van der Waals surface area contributed by atoms with Crippen LogP contribution in [0.25, 0.3) is 10.9 Å². The molecule has 18 heavy (non-hydrogen) atoms. The van der Waals surface area contributed by atoms with E-state index in [-0.39, 0.29) is 12.5 Å². The number of rotatable bonds is 3. The number of hydrogen-bond acceptors (Lipinski definition) is 3. The highest BCUT2D eigenvalue weighted by Gasteiger charge is 2.16. The van der Waals surface area contributed by atoms with Gasteiger partial charge in [-0.15, -0.1) is 0 Å². The third-order valence-corrected chi connectivity index (χ3v) is 2.60. The van der Waals surface area contributed by atoms with Crippen molar-refractivity contribution in [3.63, 3.8) is 0 Å². The summed E-state index contributed by atoms with van der Waals surface area (Å²) in [5.74, 6) is -1.36. The Balaban J connectivity index is 2.42. The van der Waals surface area contributed by atoms with Gasteiger partial charge in [0.15, 0.2) is 0 Å². The van der Waals surface area contributed by atoms with Crippen LogP contribution in [-0.4, -0.2) is 40.5 Å². The van der Waals surface area contributed by atoms with E-state index in [0.717, 1.165) is 5.39 Å². The number of nitrogens with zero attached hydrogens (tertiary/aromatic N) is 2. The number of carbonyl (C=O) groups excluding carboxylic acids is 1. The monoisotopic (exact) mass is 244 g/mol. The number of carboxylic acid groups (broad SMARTS) is 1. The molecule has 0 saturated heterocycles. The first-order valence-electron chi connectivity index (χ1n) is 5.40. The first kappa shape index (κ1) is 12.0. The number of hydrogen-bond donors (Lipinski definition) is 1. The van der Waals surface area contributed by atoms with E-state index in [1.165, 1.54) is 11.9 Å². The van der Waals surface area contributed by atoms with Crippen LogP contribution < -0.4 is 0 Å². The molecule has 0 bridgehead atoms. The molecule has 0 fully saturated rings. The summed E-state index contributed by atoms with van der Waals surface area (Å²) in [6, 6.07) is 8.76. The highest BCUT2D eigenvalue weighted by Crippen LogP contribution is 2.17. The van der Waals surface area contributed by atoms with Gasteiger partial charge in [-0.05, 0) is 18.2 Å². The third kappa shape index (κ3) is 2.29. The molecule has 2 rings (SSSR count). The van der Waals surface area contributed by atoms with Gasteiger partial charge in [0.2, 0.25) is 0 Å². The number of fused-ring (bicyclic) bond motifs is 1. The molecule has 0 spiro atoms. The zero-order valence-corrected chi connectivity index (χ0v) is 9.83. The van der Waals surface area contributed by atoms with Gasteiger partial charge < -0.3 is 10.0 Å². The Kier molecular flexibility index (Phi) is 3.23. The number of likely N-dealkylation sites (N-methyl/N-ethyl adjacent to an activating group) is 1. The van der Waals surface area contributed by atoms with Crippen LogP contribution in [0.1, 0.15) is 10.4 Å². The van der Waals surface area contributed by atoms with Crippen LogP contribution >= 0.6 is 0 Å². The highest BCUT2D eigenvalue weighted by atomic mass is 16.4. The first-order valence-corrected chi connectivity index (χ1v) is 5.40. The van der Waals surface area contributed by atoms with Crippen molar-refractivity contribution in [3.05, 3.63) is 42.1 Å². The second-order valence-electron chi connectivity index (χ2n) is 3.93. The Bertz CT molecular complexity index is 605. The van der Waals surface area contributed by atoms with Crippen molar-refractivity contribution in [2.24, 2.45) is 0 Å². The van der Waals surface area contributed by atoms with Crippen LogP contribution in [0.3, 0.4) is 0 Å². The van der Waals surface area contributed by atoms with Crippen molar-refractivity contribution in [1.29, 1.82) is 0 Å². The molecule has 0 unspecified atom stereocenters. The molecule has 92 valence electrons. The zero-order valence-electron chi connectivity index (χ0n) is 9.83. The van der Waals surface area contributed by atoms with Crippen LogP contribution in [0, 0.1) is 0 Å². The SMILES string of the molecule is CN(CC(=O)O)C(=O)c1cccc2ncccc12. The van der Waals surface area contributed by atoms with E-state index in [4.69, 9.17) is 5.11 Å². The van der Waals surface area contributed by atoms with Gasteiger partial charge in [-0.1, -0.05) is 12.1 Å². The van der Waals surface area contributed by atoms with Crippen LogP contribution in [0.15, 0.2) is 36.5 Å². The molecule has 1 aromatic heterocycles. The largest absolute Gasteiger partial charge is 0.480 e. The van der Waals surface area contributed by atoms with Gasteiger partial charge in [-0.2, -0.15) is 0 Å². The summed E-state index contributed by atoms with van der Waals surface area (Å²) in [4.78, 5) is 28.1. The summed E-state index contributed by atoms with van der Waals surface area (Å²) in [6.45, 7) is -0.324. The minimum Gasteiger partial charge on any atom is -0.480 e. The summed E-state index contributed by atoms with van der Waals surface area (Å²) < 4.78 is 0. The van der Waals surface area contributed by atoms with E-state index in [1.54, 1.807) is 30.5 Å². The number of amides is 1. The van der Waals surface area contributed by atoms with E-state index in [1.807, 2.05) is 6.07 Å². The molecule has 5 nitrogen and oxygen atoms in total. The van der Waals surface area contributed by atoms with Crippen molar-refractivity contribution >= 4 is 22.8 Å². The fourth-order valence-electron chi connectivity index (χ4n) is 1.77. The van der Waals surface area contributed by atoms with Gasteiger partial charge in [0.05, 0.1) is 5.52 Å². The number of aliphatic carboxylic acids is 1. The molecular weight excluding hydrogens is 232 g/mol. The fraction of sp³-hybridized carbons (Fsp3) is 0.154. The van der Waals surface area contributed by atoms with E-state index in [2.05, 4.69) is 4.98 Å². The third-order valence-electron chi connectivity index (χ3n) is 2.60. The summed E-state index contributed by atoms with van der Waals surface area (Å²) in [5.41, 5.74) is 1.18. The van der Waals surface area contributed by atoms with E-state index >= 15 is 0 Å². The summed E-state index contributed by atoms with van der Waals surface area (Å²) in [7, 11) is 1.46. The topological polar surface area (TPSA) is 70.5 Å². The number of aromatic nitrogens is 1. The van der Waals surface area contributed by atoms with Gasteiger partial charge >= 0.3 is 5.97 Å². The predicted octanol–water partition coefficient (Wildman–Crippen LogP) is 1.39. The molecule has 0 atom stereocenters. The lowest BCUT2D eigenvalue weighted by molar-refractivity contribution is -0.137. The van der Waals surface area contributed by atoms with Gasteiger partial charge in [0.1, 0.15) is 6.54 Å². The van der Waals surface area contributed by atoms with Gasteiger partial charge in [-0.25, -0.2) is 0 Å². The van der Waals surface area contributed by atoms with Crippen LogP contribution in [0.2, 0.25) is 0 Å². The molecule has 0 aliphatic rings. The average molecular weight is 244 g/mol. The molecule has 1 aromatic carbocycles. The molecule has 1 amide bonds. The number of carbonyl (C=O) groups is 2. The Morgan fingerprint density at radius 1 is 1.28 bits per heavy atom. The molecule has 1 N–H and O–H groups in total.